The van der Waals surface area contributed by atoms with Gasteiger partial charge in [-0.3, -0.25) is 0 Å². The quantitative estimate of drug-likeness (QED) is 0.338. The normalized spacial score (nSPS) is 18.7. The fraction of sp³-hybridized carbons (Fsp3) is 0.611. The van der Waals surface area contributed by atoms with Gasteiger partial charge in [0.25, 0.3) is 0 Å². The molecule has 0 unspecified atom stereocenters. The third kappa shape index (κ3) is 9.59. The van der Waals surface area contributed by atoms with Crippen LogP contribution in [0.5, 0.6) is 23.0 Å². The summed E-state index contributed by atoms with van der Waals surface area (Å²) in [4.78, 5) is 0. The van der Waals surface area contributed by atoms with Gasteiger partial charge in [-0.05, 0) is 69.8 Å². The van der Waals surface area contributed by atoms with E-state index in [0.29, 0.717) is 129 Å². The van der Waals surface area contributed by atoms with Crippen molar-refractivity contribution in [3.05, 3.63) is 35.4 Å². The van der Waals surface area contributed by atoms with Crippen molar-refractivity contribution in [3.63, 3.8) is 0 Å². The van der Waals surface area contributed by atoms with E-state index in [0.717, 1.165) is 25.7 Å². The first kappa shape index (κ1) is 34.5. The molecule has 0 saturated heterocycles. The van der Waals surface area contributed by atoms with Crippen molar-refractivity contribution in [1.29, 1.82) is 0 Å². The first-order chi connectivity index (χ1) is 22.8. The van der Waals surface area contributed by atoms with E-state index in [4.69, 9.17) is 47.4 Å². The predicted octanol–water partition coefficient (Wildman–Crippen LogP) is 5.54. The molecule has 0 fully saturated rings. The third-order valence-electron chi connectivity index (χ3n) is 7.90. The van der Waals surface area contributed by atoms with Crippen molar-refractivity contribution < 1.29 is 47.4 Å². The van der Waals surface area contributed by atoms with E-state index in [1.165, 1.54) is 32.7 Å². The standard InChI is InChI=1S/C36H50O10/c1-3-5-27-29-23-33-35(45-21-17-41-13-9-37-7-11-39-15-19-43-33)25-31(29)28(6-4-2)32-26-36-34(24-30(27)32)44-20-16-40-12-8-38-10-14-42-18-22-46-36/h23-26H,3-22H2,1-2H3. The van der Waals surface area contributed by atoms with Crippen LogP contribution in [0.15, 0.2) is 24.3 Å². The van der Waals surface area contributed by atoms with E-state index >= 15 is 0 Å². The second-order valence-corrected chi connectivity index (χ2v) is 11.2. The molecule has 0 N–H and O–H groups in total. The first-order valence-corrected chi connectivity index (χ1v) is 16.9. The van der Waals surface area contributed by atoms with Gasteiger partial charge >= 0.3 is 0 Å². The first-order valence-electron chi connectivity index (χ1n) is 16.9. The lowest BCUT2D eigenvalue weighted by Gasteiger charge is -2.22. The largest absolute Gasteiger partial charge is 0.487 e. The number of hydrogen-bond donors (Lipinski definition) is 0. The lowest BCUT2D eigenvalue weighted by molar-refractivity contribution is 0.00708. The molecule has 0 atom stereocenters. The molecule has 5 rings (SSSR count). The van der Waals surface area contributed by atoms with Gasteiger partial charge in [0.15, 0.2) is 23.0 Å². The number of hydrogen-bond acceptors (Lipinski definition) is 10. The molecule has 2 aliphatic rings. The van der Waals surface area contributed by atoms with Crippen LogP contribution in [0.2, 0.25) is 0 Å². The van der Waals surface area contributed by atoms with Crippen molar-refractivity contribution >= 4 is 21.5 Å². The molecule has 0 bridgehead atoms. The van der Waals surface area contributed by atoms with Crippen LogP contribution in [0.25, 0.3) is 21.5 Å². The molecule has 254 valence electrons. The maximum absolute atomic E-state index is 6.30. The van der Waals surface area contributed by atoms with Crippen LogP contribution in [-0.4, -0.2) is 106 Å². The number of rotatable bonds is 4. The van der Waals surface area contributed by atoms with Gasteiger partial charge in [0.1, 0.15) is 26.4 Å². The average molecular weight is 643 g/mol. The molecule has 2 heterocycles. The third-order valence-corrected chi connectivity index (χ3v) is 7.90. The zero-order valence-electron chi connectivity index (χ0n) is 27.5. The molecule has 46 heavy (non-hydrogen) atoms. The Morgan fingerprint density at radius 3 is 0.783 bits per heavy atom. The monoisotopic (exact) mass is 642 g/mol. The SMILES string of the molecule is CCCc1c2cc3c(cc2c(CCC)c2cc4c(cc12)OCCOCCOCCOCCO4)OCCOCCOCCOCCO3. The van der Waals surface area contributed by atoms with Crippen LogP contribution in [0.1, 0.15) is 37.8 Å². The van der Waals surface area contributed by atoms with Crippen LogP contribution in [0.4, 0.5) is 0 Å². The molecule has 0 aromatic heterocycles. The van der Waals surface area contributed by atoms with Gasteiger partial charge in [0.05, 0.1) is 79.3 Å². The summed E-state index contributed by atoms with van der Waals surface area (Å²) in [5.41, 5.74) is 2.51. The lowest BCUT2D eigenvalue weighted by Crippen LogP contribution is -2.13. The molecule has 10 nitrogen and oxygen atoms in total. The Kier molecular flexibility index (Phi) is 14.3. The smallest absolute Gasteiger partial charge is 0.161 e. The van der Waals surface area contributed by atoms with Crippen LogP contribution in [0.3, 0.4) is 0 Å². The van der Waals surface area contributed by atoms with Gasteiger partial charge in [-0.1, -0.05) is 26.7 Å². The number of fused-ring (bicyclic) bond motifs is 4. The van der Waals surface area contributed by atoms with Crippen molar-refractivity contribution in [3.8, 4) is 23.0 Å². The molecule has 3 aromatic carbocycles. The van der Waals surface area contributed by atoms with Gasteiger partial charge in [-0.15, -0.1) is 0 Å². The molecule has 0 amide bonds. The van der Waals surface area contributed by atoms with E-state index in [1.54, 1.807) is 0 Å². The molecule has 0 spiro atoms. The Bertz CT molecular complexity index is 1170. The van der Waals surface area contributed by atoms with E-state index in [1.807, 2.05) is 0 Å². The van der Waals surface area contributed by atoms with E-state index in [2.05, 4.69) is 38.1 Å². The zero-order valence-corrected chi connectivity index (χ0v) is 27.5. The van der Waals surface area contributed by atoms with Crippen LogP contribution in [0, 0.1) is 0 Å². The molecular weight excluding hydrogens is 592 g/mol. The highest BCUT2D eigenvalue weighted by Gasteiger charge is 2.21. The highest BCUT2D eigenvalue weighted by Crippen LogP contribution is 2.44. The summed E-state index contributed by atoms with van der Waals surface area (Å²) in [6, 6.07) is 8.60. The Labute approximate surface area is 272 Å². The topological polar surface area (TPSA) is 92.3 Å². The number of aryl methyl sites for hydroxylation is 2. The molecule has 10 heteroatoms. The van der Waals surface area contributed by atoms with E-state index in [-0.39, 0.29) is 0 Å². The zero-order chi connectivity index (χ0) is 31.8. The molecule has 2 aliphatic heterocycles. The van der Waals surface area contributed by atoms with Crippen LogP contribution >= 0.6 is 0 Å². The highest BCUT2D eigenvalue weighted by molar-refractivity contribution is 6.08. The van der Waals surface area contributed by atoms with Crippen molar-refractivity contribution in [1.82, 2.24) is 0 Å². The summed E-state index contributed by atoms with van der Waals surface area (Å²) in [7, 11) is 0. The van der Waals surface area contributed by atoms with Gasteiger partial charge < -0.3 is 47.4 Å². The minimum Gasteiger partial charge on any atom is -0.487 e. The van der Waals surface area contributed by atoms with Gasteiger partial charge in [0.2, 0.25) is 0 Å². The molecule has 0 aliphatic carbocycles. The summed E-state index contributed by atoms with van der Waals surface area (Å²) < 4.78 is 59.2. The minimum atomic E-state index is 0.410. The molecule has 0 saturated carbocycles. The summed E-state index contributed by atoms with van der Waals surface area (Å²) in [5.74, 6) is 2.82. The predicted molar refractivity (Wildman–Crippen MR) is 176 cm³/mol. The average Bonchev–Trinajstić information content (AvgIpc) is 3.08. The fourth-order valence-electron chi connectivity index (χ4n) is 5.82. The Morgan fingerprint density at radius 1 is 0.348 bits per heavy atom. The summed E-state index contributed by atoms with van der Waals surface area (Å²) in [6.07, 6.45) is 3.76. The summed E-state index contributed by atoms with van der Waals surface area (Å²) in [5, 5.41) is 4.66. The van der Waals surface area contributed by atoms with Crippen molar-refractivity contribution in [2.75, 3.05) is 106 Å². The van der Waals surface area contributed by atoms with Gasteiger partial charge in [-0.25, -0.2) is 0 Å². The number of benzene rings is 3. The number of ether oxygens (including phenoxy) is 10. The van der Waals surface area contributed by atoms with E-state index in [9.17, 15) is 0 Å². The fourth-order valence-corrected chi connectivity index (χ4v) is 5.82. The Hall–Kier alpha value is -2.86. The maximum atomic E-state index is 6.30. The minimum absolute atomic E-state index is 0.410. The Morgan fingerprint density at radius 2 is 0.565 bits per heavy atom. The second-order valence-electron chi connectivity index (χ2n) is 11.2. The van der Waals surface area contributed by atoms with Crippen molar-refractivity contribution in [2.45, 2.75) is 39.5 Å². The molecule has 0 radical (unpaired) electrons. The Balaban J connectivity index is 1.59. The summed E-state index contributed by atoms with van der Waals surface area (Å²) in [6.45, 7) is 12.1. The maximum Gasteiger partial charge on any atom is 0.161 e. The van der Waals surface area contributed by atoms with E-state index < -0.39 is 0 Å². The van der Waals surface area contributed by atoms with Crippen LogP contribution in [-0.2, 0) is 41.3 Å². The highest BCUT2D eigenvalue weighted by atomic mass is 16.6. The second kappa shape index (κ2) is 19.1. The lowest BCUT2D eigenvalue weighted by atomic mass is 9.87. The van der Waals surface area contributed by atoms with Crippen molar-refractivity contribution in [2.24, 2.45) is 0 Å². The van der Waals surface area contributed by atoms with Gasteiger partial charge in [-0.2, -0.15) is 0 Å². The van der Waals surface area contributed by atoms with Gasteiger partial charge in [0, 0.05) is 0 Å². The van der Waals surface area contributed by atoms with Crippen LogP contribution < -0.4 is 18.9 Å². The molecular formula is C36H50O10. The summed E-state index contributed by atoms with van der Waals surface area (Å²) >= 11 is 0. The molecule has 3 aromatic rings.